The molecule has 3 aromatic rings. The Labute approximate surface area is 159 Å². The van der Waals surface area contributed by atoms with Crippen molar-refractivity contribution in [3.8, 4) is 5.69 Å². The Hall–Kier alpha value is -2.73. The average Bonchev–Trinajstić information content (AvgIpc) is 3.18. The predicted molar refractivity (Wildman–Crippen MR) is 110 cm³/mol. The maximum Gasteiger partial charge on any atom is 0.173 e. The van der Waals surface area contributed by atoms with Crippen molar-refractivity contribution < 1.29 is 0 Å². The zero-order chi connectivity index (χ0) is 18.7. The normalized spacial score (nSPS) is 11.8. The molecule has 134 valence electrons. The van der Waals surface area contributed by atoms with Crippen molar-refractivity contribution in [1.82, 2.24) is 19.7 Å². The van der Waals surface area contributed by atoms with Gasteiger partial charge in [-0.25, -0.2) is 9.67 Å². The van der Waals surface area contributed by atoms with Gasteiger partial charge < -0.3 is 10.2 Å². The number of benzene rings is 2. The summed E-state index contributed by atoms with van der Waals surface area (Å²) in [6.45, 7) is 6.30. The van der Waals surface area contributed by atoms with E-state index < -0.39 is 0 Å². The van der Waals surface area contributed by atoms with Crippen molar-refractivity contribution in [3.63, 3.8) is 0 Å². The molecular weight excluding hydrogens is 342 g/mol. The number of nitrogens with zero attached hydrogens (tertiary/aromatic N) is 4. The van der Waals surface area contributed by atoms with Crippen LogP contribution in [0.2, 0.25) is 0 Å². The molecule has 2 aromatic carbocycles. The summed E-state index contributed by atoms with van der Waals surface area (Å²) in [6.07, 6.45) is 3.22. The molecule has 0 fully saturated rings. The molecule has 6 heteroatoms. The Bertz CT molecular complexity index is 887. The SMILES string of the molecule is Cc1ccc(C)c(NC(=S)N(C)[C@@H](C)c2ccc(-n3cncn3)cc2)c1. The highest BCUT2D eigenvalue weighted by molar-refractivity contribution is 7.80. The van der Waals surface area contributed by atoms with Crippen molar-refractivity contribution in [2.75, 3.05) is 12.4 Å². The van der Waals surface area contributed by atoms with Crippen molar-refractivity contribution in [1.29, 1.82) is 0 Å². The molecule has 1 aromatic heterocycles. The summed E-state index contributed by atoms with van der Waals surface area (Å²) in [7, 11) is 2.01. The molecule has 0 amide bonds. The molecule has 0 aliphatic rings. The van der Waals surface area contributed by atoms with Gasteiger partial charge in [0.05, 0.1) is 11.7 Å². The van der Waals surface area contributed by atoms with Crippen LogP contribution in [0.25, 0.3) is 5.69 Å². The average molecular weight is 366 g/mol. The van der Waals surface area contributed by atoms with E-state index in [1.165, 1.54) is 23.0 Å². The first kappa shape index (κ1) is 18.1. The van der Waals surface area contributed by atoms with Gasteiger partial charge in [0.2, 0.25) is 0 Å². The fourth-order valence-electron chi connectivity index (χ4n) is 2.72. The second kappa shape index (κ2) is 7.66. The molecule has 0 saturated heterocycles. The second-order valence-electron chi connectivity index (χ2n) is 6.47. The van der Waals surface area contributed by atoms with Crippen LogP contribution in [0.15, 0.2) is 55.1 Å². The van der Waals surface area contributed by atoms with Gasteiger partial charge in [-0.15, -0.1) is 0 Å². The number of anilines is 1. The summed E-state index contributed by atoms with van der Waals surface area (Å²) in [5, 5.41) is 8.22. The van der Waals surface area contributed by atoms with Crippen LogP contribution in [0.4, 0.5) is 5.69 Å². The number of thiocarbonyl (C=S) groups is 1. The summed E-state index contributed by atoms with van der Waals surface area (Å²) >= 11 is 5.62. The van der Waals surface area contributed by atoms with E-state index in [1.807, 2.05) is 19.2 Å². The lowest BCUT2D eigenvalue weighted by Gasteiger charge is -2.28. The monoisotopic (exact) mass is 365 g/mol. The number of nitrogens with one attached hydrogen (secondary N) is 1. The van der Waals surface area contributed by atoms with E-state index in [0.29, 0.717) is 5.11 Å². The molecule has 0 bridgehead atoms. The molecule has 3 rings (SSSR count). The van der Waals surface area contributed by atoms with E-state index >= 15 is 0 Å². The van der Waals surface area contributed by atoms with Crippen molar-refractivity contribution >= 4 is 23.0 Å². The molecule has 0 unspecified atom stereocenters. The molecule has 0 aliphatic heterocycles. The van der Waals surface area contributed by atoms with E-state index in [4.69, 9.17) is 12.2 Å². The van der Waals surface area contributed by atoms with Crippen molar-refractivity contribution in [2.24, 2.45) is 0 Å². The van der Waals surface area contributed by atoms with Gasteiger partial charge in [0.1, 0.15) is 12.7 Å². The Kier molecular flexibility index (Phi) is 5.32. The number of aryl methyl sites for hydroxylation is 2. The van der Waals surface area contributed by atoms with E-state index in [-0.39, 0.29) is 6.04 Å². The molecule has 0 radical (unpaired) electrons. The summed E-state index contributed by atoms with van der Waals surface area (Å²) in [6, 6.07) is 14.7. The van der Waals surface area contributed by atoms with Crippen LogP contribution >= 0.6 is 12.2 Å². The van der Waals surface area contributed by atoms with E-state index in [0.717, 1.165) is 11.4 Å². The minimum atomic E-state index is 0.143. The maximum absolute atomic E-state index is 5.62. The minimum Gasteiger partial charge on any atom is -0.345 e. The number of hydrogen-bond donors (Lipinski definition) is 1. The molecule has 0 spiro atoms. The fraction of sp³-hybridized carbons (Fsp3) is 0.250. The number of hydrogen-bond acceptors (Lipinski definition) is 3. The second-order valence-corrected chi connectivity index (χ2v) is 6.85. The Morgan fingerprint density at radius 2 is 1.88 bits per heavy atom. The third-order valence-corrected chi connectivity index (χ3v) is 4.98. The van der Waals surface area contributed by atoms with E-state index in [9.17, 15) is 0 Å². The largest absolute Gasteiger partial charge is 0.345 e. The van der Waals surface area contributed by atoms with Crippen LogP contribution in [0, 0.1) is 13.8 Å². The highest BCUT2D eigenvalue weighted by Crippen LogP contribution is 2.22. The van der Waals surface area contributed by atoms with Crippen LogP contribution in [0.5, 0.6) is 0 Å². The van der Waals surface area contributed by atoms with Gasteiger partial charge >= 0.3 is 0 Å². The molecule has 5 nitrogen and oxygen atoms in total. The number of rotatable bonds is 4. The van der Waals surface area contributed by atoms with Crippen LogP contribution in [-0.2, 0) is 0 Å². The van der Waals surface area contributed by atoms with Gasteiger partial charge in [-0.1, -0.05) is 24.3 Å². The van der Waals surface area contributed by atoms with Gasteiger partial charge in [0, 0.05) is 12.7 Å². The Balaban J connectivity index is 1.71. The van der Waals surface area contributed by atoms with Gasteiger partial charge in [-0.05, 0) is 67.9 Å². The molecule has 1 atom stereocenters. The summed E-state index contributed by atoms with van der Waals surface area (Å²) in [5.74, 6) is 0. The molecule has 1 N–H and O–H groups in total. The predicted octanol–water partition coefficient (Wildman–Crippen LogP) is 4.27. The molecule has 1 heterocycles. The molecule has 0 aliphatic carbocycles. The highest BCUT2D eigenvalue weighted by Gasteiger charge is 2.15. The van der Waals surface area contributed by atoms with Crippen LogP contribution in [0.3, 0.4) is 0 Å². The zero-order valence-electron chi connectivity index (χ0n) is 15.5. The van der Waals surface area contributed by atoms with Gasteiger partial charge in [-0.2, -0.15) is 5.10 Å². The van der Waals surface area contributed by atoms with E-state index in [1.54, 1.807) is 11.0 Å². The van der Waals surface area contributed by atoms with E-state index in [2.05, 4.69) is 71.4 Å². The van der Waals surface area contributed by atoms with Crippen molar-refractivity contribution in [3.05, 3.63) is 71.8 Å². The minimum absolute atomic E-state index is 0.143. The summed E-state index contributed by atoms with van der Waals surface area (Å²) < 4.78 is 1.74. The standard InChI is InChI=1S/C20H23N5S/c1-14-5-6-15(2)19(11-14)23-20(26)24(4)16(3)17-7-9-18(10-8-17)25-13-21-12-22-25/h5-13,16H,1-4H3,(H,23,26)/t16-/m0/s1. The maximum atomic E-state index is 5.62. The number of aromatic nitrogens is 3. The summed E-state index contributed by atoms with van der Waals surface area (Å²) in [5.41, 5.74) is 5.60. The quantitative estimate of drug-likeness (QED) is 0.700. The van der Waals surface area contributed by atoms with Crippen molar-refractivity contribution in [2.45, 2.75) is 26.8 Å². The van der Waals surface area contributed by atoms with Gasteiger partial charge in [-0.3, -0.25) is 0 Å². The zero-order valence-corrected chi connectivity index (χ0v) is 16.3. The highest BCUT2D eigenvalue weighted by atomic mass is 32.1. The molecule has 26 heavy (non-hydrogen) atoms. The smallest absolute Gasteiger partial charge is 0.173 e. The fourth-order valence-corrected chi connectivity index (χ4v) is 2.99. The first-order chi connectivity index (χ1) is 12.5. The topological polar surface area (TPSA) is 46.0 Å². The Morgan fingerprint density at radius 3 is 2.54 bits per heavy atom. The van der Waals surface area contributed by atoms with Gasteiger partial charge in [0.15, 0.2) is 5.11 Å². The molecule has 0 saturated carbocycles. The molecular formula is C20H23N5S. The van der Waals surface area contributed by atoms with Crippen LogP contribution in [0.1, 0.15) is 29.7 Å². The van der Waals surface area contributed by atoms with Crippen LogP contribution in [-0.4, -0.2) is 31.8 Å². The lowest BCUT2D eigenvalue weighted by molar-refractivity contribution is 0.408. The third-order valence-electron chi connectivity index (χ3n) is 4.59. The summed E-state index contributed by atoms with van der Waals surface area (Å²) in [4.78, 5) is 6.05. The Morgan fingerprint density at radius 1 is 1.15 bits per heavy atom. The first-order valence-electron chi connectivity index (χ1n) is 8.51. The van der Waals surface area contributed by atoms with Gasteiger partial charge in [0.25, 0.3) is 0 Å². The third kappa shape index (κ3) is 3.91. The van der Waals surface area contributed by atoms with Crippen LogP contribution < -0.4 is 5.32 Å². The lowest BCUT2D eigenvalue weighted by Crippen LogP contribution is -2.33. The first-order valence-corrected chi connectivity index (χ1v) is 8.92. The lowest BCUT2D eigenvalue weighted by atomic mass is 10.1.